The molecule has 0 aliphatic rings. The fourth-order valence-corrected chi connectivity index (χ4v) is 2.07. The van der Waals surface area contributed by atoms with E-state index in [1.54, 1.807) is 6.07 Å². The van der Waals surface area contributed by atoms with Gasteiger partial charge >= 0.3 is 0 Å². The lowest BCUT2D eigenvalue weighted by Crippen LogP contribution is -2.01. The molecule has 96 valence electrons. The zero-order valence-electron chi connectivity index (χ0n) is 9.90. The SMILES string of the molecule is CC(C)Cc1cc(Cl)c2cc(F)c(F)c(F)c2n1. The minimum absolute atomic E-state index is 0.0839. The summed E-state index contributed by atoms with van der Waals surface area (Å²) in [7, 11) is 0. The fraction of sp³-hybridized carbons (Fsp3) is 0.308. The lowest BCUT2D eigenvalue weighted by Gasteiger charge is -2.08. The van der Waals surface area contributed by atoms with Gasteiger partial charge in [-0.3, -0.25) is 0 Å². The molecule has 0 aliphatic heterocycles. The van der Waals surface area contributed by atoms with Crippen molar-refractivity contribution >= 4 is 22.5 Å². The number of benzene rings is 1. The molecule has 0 fully saturated rings. The molecule has 2 rings (SSSR count). The van der Waals surface area contributed by atoms with Crippen LogP contribution in [0.25, 0.3) is 10.9 Å². The highest BCUT2D eigenvalue weighted by Crippen LogP contribution is 2.28. The first-order chi connectivity index (χ1) is 8.40. The molecule has 0 saturated carbocycles. The van der Waals surface area contributed by atoms with Crippen LogP contribution in [-0.2, 0) is 6.42 Å². The maximum absolute atomic E-state index is 13.6. The van der Waals surface area contributed by atoms with Crippen molar-refractivity contribution in [3.63, 3.8) is 0 Å². The Morgan fingerprint density at radius 2 is 1.83 bits per heavy atom. The van der Waals surface area contributed by atoms with Crippen molar-refractivity contribution in [1.29, 1.82) is 0 Å². The fourth-order valence-electron chi connectivity index (χ4n) is 1.80. The lowest BCUT2D eigenvalue weighted by atomic mass is 10.1. The van der Waals surface area contributed by atoms with E-state index in [0.717, 1.165) is 6.07 Å². The zero-order chi connectivity index (χ0) is 13.4. The molecular weight excluding hydrogens is 263 g/mol. The summed E-state index contributed by atoms with van der Waals surface area (Å²) in [6.45, 7) is 3.95. The van der Waals surface area contributed by atoms with Gasteiger partial charge < -0.3 is 0 Å². The predicted octanol–water partition coefficient (Wildman–Crippen LogP) is 4.50. The predicted molar refractivity (Wildman–Crippen MR) is 65.2 cm³/mol. The highest BCUT2D eigenvalue weighted by atomic mass is 35.5. The van der Waals surface area contributed by atoms with E-state index in [9.17, 15) is 13.2 Å². The Morgan fingerprint density at radius 1 is 1.17 bits per heavy atom. The van der Waals surface area contributed by atoms with Gasteiger partial charge in [-0.05, 0) is 24.5 Å². The van der Waals surface area contributed by atoms with Crippen molar-refractivity contribution in [3.05, 3.63) is 40.3 Å². The van der Waals surface area contributed by atoms with Crippen LogP contribution in [0, 0.1) is 23.4 Å². The van der Waals surface area contributed by atoms with Crippen LogP contribution in [0.5, 0.6) is 0 Å². The Kier molecular flexibility index (Phi) is 3.48. The van der Waals surface area contributed by atoms with Crippen LogP contribution in [0.4, 0.5) is 13.2 Å². The van der Waals surface area contributed by atoms with Crippen LogP contribution in [-0.4, -0.2) is 4.98 Å². The van der Waals surface area contributed by atoms with Crippen molar-refractivity contribution in [3.8, 4) is 0 Å². The van der Waals surface area contributed by atoms with Crippen LogP contribution in [0.1, 0.15) is 19.5 Å². The number of pyridine rings is 1. The van der Waals surface area contributed by atoms with E-state index in [0.29, 0.717) is 18.0 Å². The van der Waals surface area contributed by atoms with Gasteiger partial charge in [-0.25, -0.2) is 18.2 Å². The first kappa shape index (κ1) is 13.1. The number of hydrogen-bond donors (Lipinski definition) is 0. The topological polar surface area (TPSA) is 12.9 Å². The van der Waals surface area contributed by atoms with Gasteiger partial charge in [-0.15, -0.1) is 0 Å². The summed E-state index contributed by atoms with van der Waals surface area (Å²) in [6.07, 6.45) is 0.591. The molecule has 0 N–H and O–H groups in total. The van der Waals surface area contributed by atoms with Crippen LogP contribution in [0.2, 0.25) is 5.02 Å². The second-order valence-corrected chi connectivity index (χ2v) is 4.98. The number of aromatic nitrogens is 1. The normalized spacial score (nSPS) is 11.5. The lowest BCUT2D eigenvalue weighted by molar-refractivity contribution is 0.452. The second kappa shape index (κ2) is 4.76. The second-order valence-electron chi connectivity index (χ2n) is 4.58. The first-order valence-electron chi connectivity index (χ1n) is 5.52. The average molecular weight is 274 g/mol. The summed E-state index contributed by atoms with van der Waals surface area (Å²) in [5.41, 5.74) is 0.337. The summed E-state index contributed by atoms with van der Waals surface area (Å²) >= 11 is 5.95. The molecule has 0 unspecified atom stereocenters. The van der Waals surface area contributed by atoms with E-state index in [4.69, 9.17) is 11.6 Å². The minimum atomic E-state index is -1.52. The third-order valence-corrected chi connectivity index (χ3v) is 2.87. The molecule has 1 heterocycles. The molecule has 1 nitrogen and oxygen atoms in total. The largest absolute Gasteiger partial charge is 0.250 e. The average Bonchev–Trinajstić information content (AvgIpc) is 2.27. The van der Waals surface area contributed by atoms with Gasteiger partial charge in [0.25, 0.3) is 0 Å². The number of hydrogen-bond acceptors (Lipinski definition) is 1. The standard InChI is InChI=1S/C13H11ClF3N/c1-6(2)3-7-4-9(14)8-5-10(15)11(16)12(17)13(8)18-7/h4-6H,3H2,1-2H3. The van der Waals surface area contributed by atoms with Gasteiger partial charge in [-0.1, -0.05) is 25.4 Å². The molecule has 0 bridgehead atoms. The number of nitrogens with zero attached hydrogens (tertiary/aromatic N) is 1. The van der Waals surface area contributed by atoms with Crippen molar-refractivity contribution in [2.75, 3.05) is 0 Å². The van der Waals surface area contributed by atoms with E-state index >= 15 is 0 Å². The van der Waals surface area contributed by atoms with Gasteiger partial charge in [0.05, 0.1) is 5.02 Å². The Balaban J connectivity index is 2.71. The van der Waals surface area contributed by atoms with E-state index < -0.39 is 17.5 Å². The highest BCUT2D eigenvalue weighted by molar-refractivity contribution is 6.35. The van der Waals surface area contributed by atoms with Crippen LogP contribution >= 0.6 is 11.6 Å². The molecule has 5 heteroatoms. The molecule has 0 amide bonds. The molecule has 0 spiro atoms. The van der Waals surface area contributed by atoms with Gasteiger partial charge in [-0.2, -0.15) is 0 Å². The van der Waals surface area contributed by atoms with Crippen molar-refractivity contribution in [1.82, 2.24) is 4.98 Å². The Morgan fingerprint density at radius 3 is 2.44 bits per heavy atom. The molecule has 18 heavy (non-hydrogen) atoms. The molecule has 0 saturated heterocycles. The first-order valence-corrected chi connectivity index (χ1v) is 5.90. The smallest absolute Gasteiger partial charge is 0.196 e. The van der Waals surface area contributed by atoms with E-state index in [-0.39, 0.29) is 15.9 Å². The number of fused-ring (bicyclic) bond motifs is 1. The molecule has 0 aliphatic carbocycles. The zero-order valence-corrected chi connectivity index (χ0v) is 10.7. The third-order valence-electron chi connectivity index (χ3n) is 2.56. The maximum atomic E-state index is 13.6. The van der Waals surface area contributed by atoms with E-state index in [2.05, 4.69) is 4.98 Å². The van der Waals surface area contributed by atoms with Gasteiger partial charge in [0.1, 0.15) is 5.52 Å². The Bertz CT molecular complexity index is 611. The summed E-state index contributed by atoms with van der Waals surface area (Å²) in [5.74, 6) is -3.77. The molecule has 1 aromatic carbocycles. The minimum Gasteiger partial charge on any atom is -0.250 e. The maximum Gasteiger partial charge on any atom is 0.196 e. The monoisotopic (exact) mass is 273 g/mol. The summed E-state index contributed by atoms with van der Waals surface area (Å²) in [4.78, 5) is 4.01. The molecule has 0 atom stereocenters. The number of rotatable bonds is 2. The van der Waals surface area contributed by atoms with Crippen LogP contribution in [0.3, 0.4) is 0 Å². The van der Waals surface area contributed by atoms with Crippen LogP contribution < -0.4 is 0 Å². The van der Waals surface area contributed by atoms with Gasteiger partial charge in [0, 0.05) is 11.1 Å². The van der Waals surface area contributed by atoms with E-state index in [1.165, 1.54) is 0 Å². The van der Waals surface area contributed by atoms with Gasteiger partial charge in [0.15, 0.2) is 17.5 Å². The summed E-state index contributed by atoms with van der Waals surface area (Å²) in [5, 5.41) is 0.258. The quantitative estimate of drug-likeness (QED) is 0.734. The highest BCUT2D eigenvalue weighted by Gasteiger charge is 2.17. The molecule has 2 aromatic rings. The van der Waals surface area contributed by atoms with Crippen molar-refractivity contribution in [2.24, 2.45) is 5.92 Å². The Labute approximate surface area is 108 Å². The number of halogens is 4. The molecule has 0 radical (unpaired) electrons. The van der Waals surface area contributed by atoms with E-state index in [1.807, 2.05) is 13.8 Å². The van der Waals surface area contributed by atoms with Crippen molar-refractivity contribution < 1.29 is 13.2 Å². The van der Waals surface area contributed by atoms with Gasteiger partial charge in [0.2, 0.25) is 0 Å². The summed E-state index contributed by atoms with van der Waals surface area (Å²) < 4.78 is 39.9. The molecular formula is C13H11ClF3N. The Hall–Kier alpha value is -1.29. The third kappa shape index (κ3) is 2.29. The molecule has 1 aromatic heterocycles. The summed E-state index contributed by atoms with van der Waals surface area (Å²) in [6, 6.07) is 2.42. The van der Waals surface area contributed by atoms with Crippen LogP contribution in [0.15, 0.2) is 12.1 Å². The van der Waals surface area contributed by atoms with Crippen molar-refractivity contribution in [2.45, 2.75) is 20.3 Å².